The lowest BCUT2D eigenvalue weighted by Crippen LogP contribution is -2.62. The number of pyridine rings is 2. The summed E-state index contributed by atoms with van der Waals surface area (Å²) in [6.07, 6.45) is 8.25. The molecule has 1 aromatic carbocycles. The van der Waals surface area contributed by atoms with Crippen LogP contribution >= 0.6 is 12.0 Å². The van der Waals surface area contributed by atoms with Gasteiger partial charge in [-0.25, -0.2) is 0 Å². The lowest BCUT2D eigenvalue weighted by Gasteiger charge is -2.24. The van der Waals surface area contributed by atoms with Crippen molar-refractivity contribution in [3.63, 3.8) is 0 Å². The fraction of sp³-hybridized carbons (Fsp3) is 0.320. The highest BCUT2D eigenvalue weighted by molar-refractivity contribution is 7.94. The molecule has 0 atom stereocenters. The van der Waals surface area contributed by atoms with Gasteiger partial charge in [0.05, 0.1) is 18.6 Å². The highest BCUT2D eigenvalue weighted by atomic mass is 32.2. The van der Waals surface area contributed by atoms with E-state index in [1.54, 1.807) is 0 Å². The first kappa shape index (κ1) is 22.9. The molecule has 0 bridgehead atoms. The first-order chi connectivity index (χ1) is 16.7. The third-order valence-electron chi connectivity index (χ3n) is 6.71. The Morgan fingerprint density at radius 1 is 0.971 bits per heavy atom. The molecule has 0 saturated carbocycles. The molecule has 2 aliphatic rings. The quantitative estimate of drug-likeness (QED) is 0.116. The number of nitrogens with one attached hydrogen (secondary N) is 1. The second kappa shape index (κ2) is 10.2. The minimum atomic E-state index is 0.0418. The Hall–Kier alpha value is -2.82. The number of carbonyl (C=O) groups excluding carboxylic acids is 1. The summed E-state index contributed by atoms with van der Waals surface area (Å²) in [5.74, 6) is 4.88. The van der Waals surface area contributed by atoms with E-state index >= 15 is 0 Å². The number of nitrogens with two attached hydrogens (primary N) is 1. The van der Waals surface area contributed by atoms with Gasteiger partial charge in [-0.15, -0.1) is 9.32 Å². The number of amides is 1. The Balaban J connectivity index is 1.12. The lowest BCUT2D eigenvalue weighted by atomic mass is 10.1. The van der Waals surface area contributed by atoms with Crippen molar-refractivity contribution in [1.82, 2.24) is 0 Å². The van der Waals surface area contributed by atoms with E-state index in [9.17, 15) is 4.79 Å². The Morgan fingerprint density at radius 2 is 1.65 bits per heavy atom. The van der Waals surface area contributed by atoms with E-state index in [0.29, 0.717) is 12.7 Å². The van der Waals surface area contributed by atoms with Crippen LogP contribution in [-0.4, -0.2) is 16.9 Å². The maximum Gasteiger partial charge on any atom is 0.484 e. The Labute approximate surface area is 203 Å². The minimum Gasteiger partial charge on any atom is -0.326 e. The van der Waals surface area contributed by atoms with Crippen molar-refractivity contribution >= 4 is 23.6 Å². The summed E-state index contributed by atoms with van der Waals surface area (Å²) < 4.78 is 10.5. The van der Waals surface area contributed by atoms with Crippen molar-refractivity contribution in [2.45, 2.75) is 50.0 Å². The van der Waals surface area contributed by atoms with Crippen LogP contribution in [0.15, 0.2) is 78.0 Å². The van der Waals surface area contributed by atoms with Gasteiger partial charge in [0, 0.05) is 41.3 Å². The molecule has 2 aromatic heterocycles. The lowest BCUT2D eigenvalue weighted by molar-refractivity contribution is -1.16. The third kappa shape index (κ3) is 4.70. The summed E-state index contributed by atoms with van der Waals surface area (Å²) in [6, 6.07) is 20.3. The van der Waals surface area contributed by atoms with E-state index in [4.69, 9.17) is 5.90 Å². The van der Waals surface area contributed by atoms with E-state index < -0.39 is 0 Å². The van der Waals surface area contributed by atoms with Gasteiger partial charge in [0.15, 0.2) is 25.5 Å². The summed E-state index contributed by atoms with van der Waals surface area (Å²) in [4.78, 5) is 17.3. The number of carbonyl (C=O) groups is 1. The number of quaternary nitrogens is 1. The molecule has 3 N–H and O–H groups in total. The molecule has 2 aliphatic heterocycles. The predicted octanol–water partition coefficient (Wildman–Crippen LogP) is 3.14. The molecule has 0 saturated heterocycles. The van der Waals surface area contributed by atoms with Crippen molar-refractivity contribution in [1.29, 1.82) is 0 Å². The molecule has 5 rings (SSSR count). The number of fused-ring (bicyclic) bond motifs is 5. The molecule has 34 heavy (non-hydrogen) atoms. The van der Waals surface area contributed by atoms with E-state index in [1.807, 2.05) is 24.3 Å². The van der Waals surface area contributed by atoms with Crippen LogP contribution in [0, 0.1) is 0 Å². The van der Waals surface area contributed by atoms with Crippen molar-refractivity contribution in [2.24, 2.45) is 5.90 Å². The van der Waals surface area contributed by atoms with Crippen LogP contribution in [0.5, 0.6) is 0 Å². The number of unbranched alkanes of at least 4 members (excludes halogenated alkanes) is 2. The fourth-order valence-corrected chi connectivity index (χ4v) is 5.63. The standard InChI is InChI=1S/C25H29N5O3S/c26-32-33-34-23-13-11-20(12-14-23)27-24(31)10-2-1-7-17-30-18-21-8-3-5-15-28(21)25(30)29-16-6-4-9-22(29)19-30/h3-6,8-9,11-16,25H,1-2,7,10,17-19,26H2/q+2/p+1. The maximum atomic E-state index is 12.4. The van der Waals surface area contributed by atoms with Crippen molar-refractivity contribution < 1.29 is 27.7 Å². The zero-order chi connectivity index (χ0) is 23.4. The van der Waals surface area contributed by atoms with Crippen LogP contribution < -0.4 is 20.3 Å². The second-order valence-electron chi connectivity index (χ2n) is 8.93. The molecule has 8 nitrogen and oxygen atoms in total. The maximum absolute atomic E-state index is 12.4. The van der Waals surface area contributed by atoms with E-state index in [2.05, 4.69) is 72.6 Å². The fourth-order valence-electron chi connectivity index (χ4n) is 5.27. The van der Waals surface area contributed by atoms with Crippen LogP contribution in [0.3, 0.4) is 0 Å². The average Bonchev–Trinajstić information content (AvgIpc) is 3.34. The third-order valence-corrected chi connectivity index (χ3v) is 7.32. The first-order valence-corrected chi connectivity index (χ1v) is 12.4. The van der Waals surface area contributed by atoms with Gasteiger partial charge in [0.2, 0.25) is 17.3 Å². The van der Waals surface area contributed by atoms with Gasteiger partial charge < -0.3 is 5.32 Å². The van der Waals surface area contributed by atoms with Crippen LogP contribution in [0.2, 0.25) is 0 Å². The average molecular weight is 481 g/mol. The van der Waals surface area contributed by atoms with Gasteiger partial charge in [-0.3, -0.25) is 4.79 Å². The Kier molecular flexibility index (Phi) is 6.89. The van der Waals surface area contributed by atoms with Crippen LogP contribution in [0.1, 0.15) is 43.4 Å². The molecule has 9 heteroatoms. The number of hydrogen-bond donors (Lipinski definition) is 2. The van der Waals surface area contributed by atoms with Gasteiger partial charge in [-0.05, 0) is 55.7 Å². The Morgan fingerprint density at radius 3 is 2.29 bits per heavy atom. The van der Waals surface area contributed by atoms with E-state index in [0.717, 1.165) is 66.0 Å². The molecular formula is C25H30N5O3S+3. The number of rotatable bonds is 10. The number of benzene rings is 1. The monoisotopic (exact) mass is 480 g/mol. The molecule has 0 aliphatic carbocycles. The number of aromatic nitrogens is 2. The normalized spacial score (nSPS) is 20.0. The van der Waals surface area contributed by atoms with Crippen molar-refractivity contribution in [3.8, 4) is 0 Å². The van der Waals surface area contributed by atoms with Crippen LogP contribution in [0.4, 0.5) is 5.69 Å². The summed E-state index contributed by atoms with van der Waals surface area (Å²) in [6.45, 7) is 3.19. The molecule has 3 aromatic rings. The van der Waals surface area contributed by atoms with Crippen LogP contribution in [-0.2, 0) is 27.2 Å². The molecule has 0 unspecified atom stereocenters. The zero-order valence-corrected chi connectivity index (χ0v) is 19.8. The van der Waals surface area contributed by atoms with Crippen molar-refractivity contribution in [2.75, 3.05) is 11.9 Å². The second-order valence-corrected chi connectivity index (χ2v) is 9.71. The Bertz CT molecular complexity index is 1110. The van der Waals surface area contributed by atoms with E-state index in [-0.39, 0.29) is 5.91 Å². The van der Waals surface area contributed by atoms with Crippen molar-refractivity contribution in [3.05, 3.63) is 84.4 Å². The SMILES string of the molecule is NOOSc1ccc(NC(=O)CCCCC[N+]23Cc4cccc[n+]4C2[n+]2ccccc2C3)cc1. The highest BCUT2D eigenvalue weighted by Gasteiger charge is 2.63. The first-order valence-electron chi connectivity index (χ1n) is 11.6. The smallest absolute Gasteiger partial charge is 0.326 e. The van der Waals surface area contributed by atoms with Gasteiger partial charge >= 0.3 is 6.29 Å². The number of anilines is 1. The van der Waals surface area contributed by atoms with Crippen LogP contribution in [0.25, 0.3) is 0 Å². The molecule has 0 radical (unpaired) electrons. The van der Waals surface area contributed by atoms with Gasteiger partial charge in [0.25, 0.3) is 0 Å². The summed E-state index contributed by atoms with van der Waals surface area (Å²) in [7, 11) is 0. The molecule has 4 heterocycles. The summed E-state index contributed by atoms with van der Waals surface area (Å²) in [5.41, 5.74) is 3.55. The zero-order valence-electron chi connectivity index (χ0n) is 19.0. The predicted molar refractivity (Wildman–Crippen MR) is 126 cm³/mol. The molecule has 1 amide bonds. The topological polar surface area (TPSA) is 81.3 Å². The molecular weight excluding hydrogens is 450 g/mol. The van der Waals surface area contributed by atoms with Gasteiger partial charge in [0.1, 0.15) is 0 Å². The largest absolute Gasteiger partial charge is 0.484 e. The summed E-state index contributed by atoms with van der Waals surface area (Å²) >= 11 is 1.01. The number of nitrogens with zero attached hydrogens (tertiary/aromatic N) is 3. The summed E-state index contributed by atoms with van der Waals surface area (Å²) in [5, 5.41) is 2.96. The highest BCUT2D eigenvalue weighted by Crippen LogP contribution is 2.34. The number of hydrogen-bond acceptors (Lipinski definition) is 5. The molecule has 176 valence electrons. The molecule has 0 fully saturated rings. The molecule has 0 spiro atoms. The minimum absolute atomic E-state index is 0.0418. The van der Waals surface area contributed by atoms with Gasteiger partial charge in [-0.2, -0.15) is 10.4 Å². The van der Waals surface area contributed by atoms with E-state index in [1.165, 1.54) is 11.4 Å². The van der Waals surface area contributed by atoms with Gasteiger partial charge in [-0.1, -0.05) is 9.13 Å².